The number of nitrogens with zero attached hydrogens (tertiary/aromatic N) is 5. The maximum Gasteiger partial charge on any atom is 0.278 e. The molecule has 0 unspecified atom stereocenters. The second-order valence-electron chi connectivity index (χ2n) is 7.60. The largest absolute Gasteiger partial charge is 0.342 e. The molecule has 7 nitrogen and oxygen atoms in total. The summed E-state index contributed by atoms with van der Waals surface area (Å²) in [6.07, 6.45) is 6.35. The van der Waals surface area contributed by atoms with Crippen molar-refractivity contribution < 1.29 is 4.79 Å². The number of pyridine rings is 1. The number of aliphatic imine (C=N–C) groups is 1. The maximum absolute atomic E-state index is 12.7. The highest BCUT2D eigenvalue weighted by Gasteiger charge is 2.27. The lowest BCUT2D eigenvalue weighted by Crippen LogP contribution is -2.26. The fourth-order valence-corrected chi connectivity index (χ4v) is 4.29. The first-order valence-corrected chi connectivity index (χ1v) is 9.64. The molecule has 1 N–H and O–H groups in total. The fourth-order valence-electron chi connectivity index (χ4n) is 4.29. The average Bonchev–Trinajstić information content (AvgIpc) is 3.44. The van der Waals surface area contributed by atoms with Crippen molar-refractivity contribution in [3.05, 3.63) is 65.2 Å². The van der Waals surface area contributed by atoms with E-state index in [0.717, 1.165) is 64.5 Å². The molecule has 2 aliphatic rings. The lowest BCUT2D eigenvalue weighted by Gasteiger charge is -2.20. The van der Waals surface area contributed by atoms with Crippen molar-refractivity contribution in [3.63, 3.8) is 0 Å². The van der Waals surface area contributed by atoms with Gasteiger partial charge in [-0.05, 0) is 30.8 Å². The number of fused-ring (bicyclic) bond motifs is 3. The first-order valence-electron chi connectivity index (χ1n) is 9.64. The van der Waals surface area contributed by atoms with Gasteiger partial charge in [0.15, 0.2) is 0 Å². The smallest absolute Gasteiger partial charge is 0.278 e. The van der Waals surface area contributed by atoms with Crippen LogP contribution in [0.4, 0.5) is 0 Å². The van der Waals surface area contributed by atoms with Crippen LogP contribution in [0.2, 0.25) is 0 Å². The average molecular weight is 382 g/mol. The van der Waals surface area contributed by atoms with Crippen LogP contribution in [0, 0.1) is 0 Å². The van der Waals surface area contributed by atoms with Gasteiger partial charge in [0, 0.05) is 54.3 Å². The number of H-pyrrole nitrogens is 1. The lowest BCUT2D eigenvalue weighted by atomic mass is 9.93. The van der Waals surface area contributed by atoms with E-state index in [1.807, 2.05) is 47.2 Å². The summed E-state index contributed by atoms with van der Waals surface area (Å²) in [6.45, 7) is 1.82. The van der Waals surface area contributed by atoms with Crippen molar-refractivity contribution in [1.29, 1.82) is 0 Å². The SMILES string of the molecule is CN1CCc2[nH]c(-c3ccc(-c4cnn5ccccc45)c4c3C(=O)N=C4)nc2C1. The summed E-state index contributed by atoms with van der Waals surface area (Å²) in [5.41, 5.74) is 7.39. The molecule has 0 spiro atoms. The Kier molecular flexibility index (Phi) is 3.36. The number of likely N-dealkylation sites (N-methyl/N-ethyl adjacent to an activating group) is 1. The zero-order valence-corrected chi connectivity index (χ0v) is 15.9. The third-order valence-corrected chi connectivity index (χ3v) is 5.77. The van der Waals surface area contributed by atoms with Gasteiger partial charge in [-0.2, -0.15) is 5.10 Å². The van der Waals surface area contributed by atoms with E-state index in [0.29, 0.717) is 5.56 Å². The van der Waals surface area contributed by atoms with Gasteiger partial charge in [0.2, 0.25) is 0 Å². The second kappa shape index (κ2) is 5.96. The number of carbonyl (C=O) groups excluding carboxylic acids is 1. The van der Waals surface area contributed by atoms with E-state index in [-0.39, 0.29) is 5.91 Å². The van der Waals surface area contributed by atoms with E-state index < -0.39 is 0 Å². The highest BCUT2D eigenvalue weighted by atomic mass is 16.1. The van der Waals surface area contributed by atoms with Crippen molar-refractivity contribution in [2.75, 3.05) is 13.6 Å². The number of imidazole rings is 1. The Labute approximate surface area is 166 Å². The molecule has 7 heteroatoms. The molecular weight excluding hydrogens is 364 g/mol. The predicted molar refractivity (Wildman–Crippen MR) is 110 cm³/mol. The first-order chi connectivity index (χ1) is 14.2. The quantitative estimate of drug-likeness (QED) is 0.578. The lowest BCUT2D eigenvalue weighted by molar-refractivity contribution is 0.101. The molecule has 1 amide bonds. The Bertz CT molecular complexity index is 1330. The Balaban J connectivity index is 1.53. The first kappa shape index (κ1) is 16.4. The van der Waals surface area contributed by atoms with Crippen molar-refractivity contribution >= 4 is 17.6 Å². The summed E-state index contributed by atoms with van der Waals surface area (Å²) < 4.78 is 1.83. The van der Waals surface area contributed by atoms with Crippen LogP contribution in [0.15, 0.2) is 47.7 Å². The van der Waals surface area contributed by atoms with Gasteiger partial charge in [-0.3, -0.25) is 4.79 Å². The number of rotatable bonds is 2. The monoisotopic (exact) mass is 382 g/mol. The van der Waals surface area contributed by atoms with E-state index in [9.17, 15) is 4.79 Å². The minimum atomic E-state index is -0.222. The van der Waals surface area contributed by atoms with Crippen LogP contribution in [-0.4, -0.2) is 50.2 Å². The zero-order chi connectivity index (χ0) is 19.5. The van der Waals surface area contributed by atoms with E-state index in [1.165, 1.54) is 0 Å². The van der Waals surface area contributed by atoms with Crippen molar-refractivity contribution in [1.82, 2.24) is 24.5 Å². The Morgan fingerprint density at radius 3 is 2.93 bits per heavy atom. The van der Waals surface area contributed by atoms with E-state index in [1.54, 1.807) is 6.21 Å². The summed E-state index contributed by atoms with van der Waals surface area (Å²) in [6, 6.07) is 9.96. The molecular formula is C22H18N6O. The molecule has 29 heavy (non-hydrogen) atoms. The number of aromatic amines is 1. The molecule has 2 aliphatic heterocycles. The van der Waals surface area contributed by atoms with Gasteiger partial charge in [-0.1, -0.05) is 12.1 Å². The molecule has 6 rings (SSSR count). The molecule has 3 aromatic heterocycles. The summed E-state index contributed by atoms with van der Waals surface area (Å²) in [7, 11) is 2.09. The molecule has 0 aliphatic carbocycles. The summed E-state index contributed by atoms with van der Waals surface area (Å²) in [5, 5.41) is 4.44. The Morgan fingerprint density at radius 1 is 1.10 bits per heavy atom. The van der Waals surface area contributed by atoms with Crippen LogP contribution in [0.3, 0.4) is 0 Å². The van der Waals surface area contributed by atoms with Crippen LogP contribution >= 0.6 is 0 Å². The van der Waals surface area contributed by atoms with Gasteiger partial charge in [-0.25, -0.2) is 14.5 Å². The minimum absolute atomic E-state index is 0.222. The highest BCUT2D eigenvalue weighted by Crippen LogP contribution is 2.36. The zero-order valence-electron chi connectivity index (χ0n) is 15.9. The summed E-state index contributed by atoms with van der Waals surface area (Å²) in [4.78, 5) is 27.3. The fraction of sp³-hybridized carbons (Fsp3) is 0.182. The van der Waals surface area contributed by atoms with Crippen molar-refractivity contribution in [2.24, 2.45) is 4.99 Å². The van der Waals surface area contributed by atoms with Gasteiger partial charge in [0.1, 0.15) is 5.82 Å². The van der Waals surface area contributed by atoms with Crippen LogP contribution in [0.25, 0.3) is 28.0 Å². The molecule has 1 aromatic carbocycles. The number of carbonyl (C=O) groups is 1. The summed E-state index contributed by atoms with van der Waals surface area (Å²) >= 11 is 0. The van der Waals surface area contributed by atoms with E-state index >= 15 is 0 Å². The minimum Gasteiger partial charge on any atom is -0.342 e. The standard InChI is InChI=1S/C22H18N6O/c1-27-9-7-17-18(12-27)26-21(25-17)14-6-5-13(16-10-23-22(29)20(14)16)15-11-24-28-8-3-2-4-19(15)28/h2-6,8,10-11H,7,9,12H2,1H3,(H,25,26). The number of aromatic nitrogens is 4. The van der Waals surface area contributed by atoms with Crippen LogP contribution in [0.5, 0.6) is 0 Å². The maximum atomic E-state index is 12.7. The highest BCUT2D eigenvalue weighted by molar-refractivity contribution is 6.19. The number of amides is 1. The van der Waals surface area contributed by atoms with Gasteiger partial charge in [-0.15, -0.1) is 0 Å². The van der Waals surface area contributed by atoms with E-state index in [2.05, 4.69) is 27.0 Å². The van der Waals surface area contributed by atoms with Crippen LogP contribution in [0.1, 0.15) is 27.3 Å². The number of benzene rings is 1. The number of nitrogens with one attached hydrogen (secondary N) is 1. The molecule has 5 heterocycles. The van der Waals surface area contributed by atoms with Gasteiger partial charge in [0.25, 0.3) is 5.91 Å². The van der Waals surface area contributed by atoms with E-state index in [4.69, 9.17) is 4.98 Å². The van der Waals surface area contributed by atoms with Gasteiger partial charge < -0.3 is 9.88 Å². The van der Waals surface area contributed by atoms with Crippen LogP contribution in [-0.2, 0) is 13.0 Å². The molecule has 0 saturated carbocycles. The van der Waals surface area contributed by atoms with Gasteiger partial charge >= 0.3 is 0 Å². The Hall–Kier alpha value is -3.58. The molecule has 0 atom stereocenters. The molecule has 0 saturated heterocycles. The predicted octanol–water partition coefficient (Wildman–Crippen LogP) is 2.95. The van der Waals surface area contributed by atoms with Gasteiger partial charge in [0.05, 0.1) is 23.0 Å². The third kappa shape index (κ3) is 2.41. The molecule has 0 bridgehead atoms. The van der Waals surface area contributed by atoms with Crippen LogP contribution < -0.4 is 0 Å². The third-order valence-electron chi connectivity index (χ3n) is 5.77. The molecule has 142 valence electrons. The molecule has 4 aromatic rings. The second-order valence-corrected chi connectivity index (χ2v) is 7.60. The molecule has 0 radical (unpaired) electrons. The topological polar surface area (TPSA) is 78.6 Å². The normalized spacial score (nSPS) is 15.8. The van der Waals surface area contributed by atoms with Crippen molar-refractivity contribution in [2.45, 2.75) is 13.0 Å². The molecule has 0 fully saturated rings. The number of hydrogen-bond acceptors (Lipinski definition) is 4. The van der Waals surface area contributed by atoms with Crippen molar-refractivity contribution in [3.8, 4) is 22.5 Å². The Morgan fingerprint density at radius 2 is 2.00 bits per heavy atom. The number of hydrogen-bond donors (Lipinski definition) is 1. The summed E-state index contributed by atoms with van der Waals surface area (Å²) in [5.74, 6) is 0.520.